The van der Waals surface area contributed by atoms with Gasteiger partial charge in [0.2, 0.25) is 11.8 Å². The number of hydrogen-bond acceptors (Lipinski definition) is 7. The van der Waals surface area contributed by atoms with E-state index in [9.17, 15) is 19.7 Å². The molecule has 204 valence electrons. The minimum Gasteiger partial charge on any atom is -0.493 e. The number of ether oxygens (including phenoxy) is 2. The Bertz CT molecular complexity index is 1310. The molecule has 0 aliphatic heterocycles. The van der Waals surface area contributed by atoms with E-state index >= 15 is 0 Å². The van der Waals surface area contributed by atoms with Crippen molar-refractivity contribution in [1.29, 1.82) is 0 Å². The highest BCUT2D eigenvalue weighted by Crippen LogP contribution is 2.28. The molecule has 0 aliphatic rings. The van der Waals surface area contributed by atoms with Crippen molar-refractivity contribution in [2.75, 3.05) is 33.9 Å². The van der Waals surface area contributed by atoms with Crippen LogP contribution in [0.3, 0.4) is 0 Å². The van der Waals surface area contributed by atoms with Crippen LogP contribution in [0.15, 0.2) is 78.7 Å². The zero-order chi connectivity index (χ0) is 28.2. The summed E-state index contributed by atoms with van der Waals surface area (Å²) in [5, 5.41) is 12.8. The molecule has 2 aromatic carbocycles. The van der Waals surface area contributed by atoms with Crippen LogP contribution in [0.2, 0.25) is 0 Å². The molecule has 3 aromatic rings. The van der Waals surface area contributed by atoms with Gasteiger partial charge in [0.15, 0.2) is 11.5 Å². The number of nitro groups is 1. The van der Waals surface area contributed by atoms with E-state index in [0.717, 1.165) is 10.4 Å². The normalized spacial score (nSPS) is 10.7. The van der Waals surface area contributed by atoms with Gasteiger partial charge in [0.25, 0.3) is 5.69 Å². The lowest BCUT2D eigenvalue weighted by Gasteiger charge is -2.26. The van der Waals surface area contributed by atoms with E-state index in [1.807, 2.05) is 35.7 Å². The van der Waals surface area contributed by atoms with Crippen molar-refractivity contribution >= 4 is 34.9 Å². The van der Waals surface area contributed by atoms with Gasteiger partial charge in [0.1, 0.15) is 6.54 Å². The van der Waals surface area contributed by atoms with Gasteiger partial charge in [-0.2, -0.15) is 0 Å². The predicted molar refractivity (Wildman–Crippen MR) is 152 cm³/mol. The maximum Gasteiger partial charge on any atom is 0.269 e. The van der Waals surface area contributed by atoms with Crippen LogP contribution in [-0.4, -0.2) is 60.4 Å². The molecule has 0 atom stereocenters. The SMILES string of the molecule is C=CCN(CC(=O)N(CCc1ccc(OC)c(OC)c1)Cc1cccs1)C(=O)/C=C/c1ccc([N+](=O)[O-])cc1. The molecular weight excluding hydrogens is 518 g/mol. The van der Waals surface area contributed by atoms with Crippen LogP contribution in [0.5, 0.6) is 11.5 Å². The highest BCUT2D eigenvalue weighted by atomic mass is 32.1. The molecule has 2 amide bonds. The second-order valence-electron chi connectivity index (χ2n) is 8.52. The molecule has 0 bridgehead atoms. The topological polar surface area (TPSA) is 102 Å². The first-order chi connectivity index (χ1) is 18.8. The van der Waals surface area contributed by atoms with Crippen LogP contribution in [-0.2, 0) is 22.6 Å². The van der Waals surface area contributed by atoms with E-state index in [2.05, 4.69) is 6.58 Å². The van der Waals surface area contributed by atoms with Crippen LogP contribution in [0.4, 0.5) is 5.69 Å². The zero-order valence-electron chi connectivity index (χ0n) is 21.9. The lowest BCUT2D eigenvalue weighted by molar-refractivity contribution is -0.384. The Morgan fingerprint density at radius 1 is 1.05 bits per heavy atom. The molecule has 9 nitrogen and oxygen atoms in total. The largest absolute Gasteiger partial charge is 0.493 e. The summed E-state index contributed by atoms with van der Waals surface area (Å²) >= 11 is 1.56. The van der Waals surface area contributed by atoms with Crippen molar-refractivity contribution in [2.24, 2.45) is 0 Å². The van der Waals surface area contributed by atoms with E-state index in [1.54, 1.807) is 54.7 Å². The Kier molecular flexibility index (Phi) is 10.8. The Hall–Kier alpha value is -4.44. The second-order valence-corrected chi connectivity index (χ2v) is 9.56. The first kappa shape index (κ1) is 29.1. The van der Waals surface area contributed by atoms with Gasteiger partial charge in [-0.3, -0.25) is 19.7 Å². The first-order valence-corrected chi connectivity index (χ1v) is 13.1. The molecule has 3 rings (SSSR count). The Balaban J connectivity index is 1.71. The number of methoxy groups -OCH3 is 2. The average Bonchev–Trinajstić information content (AvgIpc) is 3.46. The zero-order valence-corrected chi connectivity index (χ0v) is 22.8. The highest BCUT2D eigenvalue weighted by molar-refractivity contribution is 7.09. The monoisotopic (exact) mass is 549 g/mol. The van der Waals surface area contributed by atoms with Crippen molar-refractivity contribution in [3.63, 3.8) is 0 Å². The first-order valence-electron chi connectivity index (χ1n) is 12.2. The van der Waals surface area contributed by atoms with Crippen LogP contribution in [0, 0.1) is 10.1 Å². The molecule has 0 radical (unpaired) electrons. The van der Waals surface area contributed by atoms with Crippen molar-refractivity contribution in [3.8, 4) is 11.5 Å². The number of hydrogen-bond donors (Lipinski definition) is 0. The Morgan fingerprint density at radius 2 is 1.79 bits per heavy atom. The lowest BCUT2D eigenvalue weighted by atomic mass is 10.1. The second kappa shape index (κ2) is 14.5. The third-order valence-electron chi connectivity index (χ3n) is 5.91. The van der Waals surface area contributed by atoms with Gasteiger partial charge < -0.3 is 19.3 Å². The molecule has 0 N–H and O–H groups in total. The molecule has 10 heteroatoms. The maximum atomic E-state index is 13.4. The summed E-state index contributed by atoms with van der Waals surface area (Å²) in [7, 11) is 3.16. The van der Waals surface area contributed by atoms with Crippen molar-refractivity contribution < 1.29 is 24.0 Å². The van der Waals surface area contributed by atoms with Crippen LogP contribution in [0.1, 0.15) is 16.0 Å². The Labute approximate surface area is 231 Å². The molecule has 39 heavy (non-hydrogen) atoms. The van der Waals surface area contributed by atoms with E-state index in [0.29, 0.717) is 36.6 Å². The fourth-order valence-electron chi connectivity index (χ4n) is 3.81. The van der Waals surface area contributed by atoms with Crippen molar-refractivity contribution in [3.05, 3.63) is 105 Å². The molecule has 0 saturated heterocycles. The minimum atomic E-state index is -0.483. The molecular formula is C29H31N3O6S. The van der Waals surface area contributed by atoms with E-state index in [1.165, 1.54) is 23.1 Å². The number of carbonyl (C=O) groups is 2. The van der Waals surface area contributed by atoms with E-state index in [4.69, 9.17) is 9.47 Å². The van der Waals surface area contributed by atoms with Gasteiger partial charge in [-0.1, -0.05) is 18.2 Å². The maximum absolute atomic E-state index is 13.4. The van der Waals surface area contributed by atoms with Gasteiger partial charge in [-0.05, 0) is 59.3 Å². The van der Waals surface area contributed by atoms with Gasteiger partial charge in [0.05, 0.1) is 25.7 Å². The summed E-state index contributed by atoms with van der Waals surface area (Å²) in [6.07, 6.45) is 5.07. The van der Waals surface area contributed by atoms with E-state index < -0.39 is 4.92 Å². The van der Waals surface area contributed by atoms with Gasteiger partial charge in [0, 0.05) is 36.2 Å². The Morgan fingerprint density at radius 3 is 2.41 bits per heavy atom. The third-order valence-corrected chi connectivity index (χ3v) is 6.77. The van der Waals surface area contributed by atoms with Crippen molar-refractivity contribution in [1.82, 2.24) is 9.80 Å². The number of thiophene rings is 1. The number of amides is 2. The number of nitro benzene ring substituents is 1. The third kappa shape index (κ3) is 8.54. The van der Waals surface area contributed by atoms with E-state index in [-0.39, 0.29) is 30.6 Å². The fraction of sp³-hybridized carbons (Fsp3) is 0.241. The molecule has 1 aromatic heterocycles. The summed E-state index contributed by atoms with van der Waals surface area (Å²) in [5.74, 6) is 0.696. The minimum absolute atomic E-state index is 0.0312. The summed E-state index contributed by atoms with van der Waals surface area (Å²) in [6, 6.07) is 15.4. The molecule has 0 aliphatic carbocycles. The smallest absolute Gasteiger partial charge is 0.269 e. The standard InChI is InChI=1S/C29H31N3O6S/c1-4-16-30(28(33)14-10-22-7-11-24(12-8-22)32(35)36)21-29(34)31(20-25-6-5-18-39-25)17-15-23-9-13-26(37-2)27(19-23)38-3/h4-14,18-19H,1,15-17,20-21H2,2-3H3/b14-10+. The van der Waals surface area contributed by atoms with Crippen molar-refractivity contribution in [2.45, 2.75) is 13.0 Å². The molecule has 1 heterocycles. The summed E-state index contributed by atoms with van der Waals surface area (Å²) < 4.78 is 10.7. The molecule has 0 fully saturated rings. The van der Waals surface area contributed by atoms with Gasteiger partial charge in [-0.25, -0.2) is 0 Å². The van der Waals surface area contributed by atoms with Crippen LogP contribution in [0.25, 0.3) is 6.08 Å². The van der Waals surface area contributed by atoms with Gasteiger partial charge in [-0.15, -0.1) is 17.9 Å². The average molecular weight is 550 g/mol. The van der Waals surface area contributed by atoms with Crippen LogP contribution >= 0.6 is 11.3 Å². The summed E-state index contributed by atoms with van der Waals surface area (Å²) in [5.41, 5.74) is 1.59. The quantitative estimate of drug-likeness (QED) is 0.122. The fourth-order valence-corrected chi connectivity index (χ4v) is 4.53. The molecule has 0 spiro atoms. The molecule has 0 unspecified atom stereocenters. The predicted octanol–water partition coefficient (Wildman–Crippen LogP) is 4.97. The lowest BCUT2D eigenvalue weighted by Crippen LogP contribution is -2.42. The number of non-ortho nitro benzene ring substituents is 1. The number of carbonyl (C=O) groups excluding carboxylic acids is 2. The number of benzene rings is 2. The molecule has 0 saturated carbocycles. The number of nitrogens with zero attached hydrogens (tertiary/aromatic N) is 3. The number of rotatable bonds is 14. The van der Waals surface area contributed by atoms with Crippen LogP contribution < -0.4 is 9.47 Å². The summed E-state index contributed by atoms with van der Waals surface area (Å²) in [6.45, 7) is 4.67. The van der Waals surface area contributed by atoms with Gasteiger partial charge >= 0.3 is 0 Å². The summed E-state index contributed by atoms with van der Waals surface area (Å²) in [4.78, 5) is 41.0. The highest BCUT2D eigenvalue weighted by Gasteiger charge is 2.20.